The van der Waals surface area contributed by atoms with E-state index >= 15 is 0 Å². The van der Waals surface area contributed by atoms with Crippen LogP contribution in [0.15, 0.2) is 63.5 Å². The van der Waals surface area contributed by atoms with Crippen LogP contribution in [0.5, 0.6) is 11.5 Å². The predicted octanol–water partition coefficient (Wildman–Crippen LogP) is 3.78. The number of carbonyl (C=O) groups excluding carboxylic acids is 2. The Morgan fingerprint density at radius 3 is 2.65 bits per heavy atom. The number of thiophene rings is 1. The molecule has 5 rings (SSSR count). The summed E-state index contributed by atoms with van der Waals surface area (Å²) in [5, 5.41) is 7.46. The van der Waals surface area contributed by atoms with Crippen LogP contribution < -0.4 is 31.4 Å². The summed E-state index contributed by atoms with van der Waals surface area (Å²) < 4.78 is 13.6. The second-order valence-electron chi connectivity index (χ2n) is 9.65. The van der Waals surface area contributed by atoms with E-state index in [4.69, 9.17) is 9.47 Å². The van der Waals surface area contributed by atoms with Crippen molar-refractivity contribution in [1.82, 2.24) is 14.5 Å². The number of aromatic nitrogens is 2. The Kier molecular flexibility index (Phi) is 8.30. The first kappa shape index (κ1) is 27.2. The molecule has 3 heterocycles. The summed E-state index contributed by atoms with van der Waals surface area (Å²) >= 11 is 1.25. The highest BCUT2D eigenvalue weighted by molar-refractivity contribution is 7.17. The lowest BCUT2D eigenvalue weighted by atomic mass is 10.1. The molecule has 2 N–H and O–H groups in total. The molecule has 11 heteroatoms. The highest BCUT2D eigenvalue weighted by Crippen LogP contribution is 2.32. The standard InChI is InChI=1S/C29H30N4O6S/c1-19-6-5-7-21(14-19)31-26(35)17-33-22-11-13-40-27(22)28(36)32(29(33)37)12-4-2-3-8-25(34)30-16-20-9-10-23-24(15-20)39-18-38-23/h5-7,9-11,13-15H,2-4,8,12,16-18H2,1H3,(H,30,34)(H,31,35). The van der Waals surface area contributed by atoms with Gasteiger partial charge in [0, 0.05) is 25.2 Å². The number of ether oxygens (including phenoxy) is 2. The van der Waals surface area contributed by atoms with Gasteiger partial charge in [-0.1, -0.05) is 24.6 Å². The number of hydrogen-bond acceptors (Lipinski definition) is 7. The van der Waals surface area contributed by atoms with Crippen molar-refractivity contribution >= 4 is 39.1 Å². The molecule has 1 aliphatic heterocycles. The van der Waals surface area contributed by atoms with Crippen LogP contribution in [0, 0.1) is 6.92 Å². The summed E-state index contributed by atoms with van der Waals surface area (Å²) in [5.74, 6) is 0.951. The molecule has 0 radical (unpaired) electrons. The number of anilines is 1. The number of benzene rings is 2. The van der Waals surface area contributed by atoms with Gasteiger partial charge in [0.2, 0.25) is 18.6 Å². The van der Waals surface area contributed by atoms with Crippen LogP contribution in [0.2, 0.25) is 0 Å². The molecule has 0 fully saturated rings. The first-order valence-corrected chi connectivity index (χ1v) is 14.0. The molecule has 2 aromatic heterocycles. The predicted molar refractivity (Wildman–Crippen MR) is 153 cm³/mol. The van der Waals surface area contributed by atoms with E-state index in [-0.39, 0.29) is 37.3 Å². The average Bonchev–Trinajstić information content (AvgIpc) is 3.61. The quantitative estimate of drug-likeness (QED) is 0.269. The number of aryl methyl sites for hydroxylation is 1. The number of unbranched alkanes of at least 4 members (excludes halogenated alkanes) is 2. The highest BCUT2D eigenvalue weighted by Gasteiger charge is 2.17. The molecule has 0 spiro atoms. The molecule has 40 heavy (non-hydrogen) atoms. The second-order valence-corrected chi connectivity index (χ2v) is 10.6. The monoisotopic (exact) mass is 562 g/mol. The van der Waals surface area contributed by atoms with Crippen LogP contribution in [0.25, 0.3) is 10.2 Å². The topological polar surface area (TPSA) is 121 Å². The van der Waals surface area contributed by atoms with Crippen molar-refractivity contribution < 1.29 is 19.1 Å². The van der Waals surface area contributed by atoms with Gasteiger partial charge in [-0.25, -0.2) is 4.79 Å². The van der Waals surface area contributed by atoms with Crippen molar-refractivity contribution in [2.75, 3.05) is 12.1 Å². The maximum atomic E-state index is 13.3. The van der Waals surface area contributed by atoms with Crippen LogP contribution in [0.1, 0.15) is 36.8 Å². The van der Waals surface area contributed by atoms with Crippen molar-refractivity contribution in [3.8, 4) is 11.5 Å². The van der Waals surface area contributed by atoms with Gasteiger partial charge in [0.15, 0.2) is 11.5 Å². The molecular weight excluding hydrogens is 532 g/mol. The lowest BCUT2D eigenvalue weighted by molar-refractivity contribution is -0.121. The van der Waals surface area contributed by atoms with Crippen LogP contribution >= 0.6 is 11.3 Å². The summed E-state index contributed by atoms with van der Waals surface area (Å²) in [4.78, 5) is 51.3. The fourth-order valence-electron chi connectivity index (χ4n) is 4.62. The maximum absolute atomic E-state index is 13.3. The molecule has 10 nitrogen and oxygen atoms in total. The van der Waals surface area contributed by atoms with Crippen LogP contribution in [-0.2, 0) is 29.2 Å². The number of carbonyl (C=O) groups is 2. The van der Waals surface area contributed by atoms with Crippen molar-refractivity contribution in [3.05, 3.63) is 85.9 Å². The number of rotatable bonds is 11. The Morgan fingerprint density at radius 1 is 0.950 bits per heavy atom. The zero-order valence-electron chi connectivity index (χ0n) is 22.1. The van der Waals surface area contributed by atoms with Crippen molar-refractivity contribution in [2.24, 2.45) is 0 Å². The molecule has 0 saturated carbocycles. The minimum atomic E-state index is -0.517. The van der Waals surface area contributed by atoms with E-state index in [0.717, 1.165) is 11.1 Å². The van der Waals surface area contributed by atoms with E-state index in [1.165, 1.54) is 20.5 Å². The van der Waals surface area contributed by atoms with E-state index in [1.54, 1.807) is 17.5 Å². The molecular formula is C29H30N4O6S. The molecule has 1 aliphatic rings. The average molecular weight is 563 g/mol. The molecule has 0 aliphatic carbocycles. The number of nitrogens with one attached hydrogen (secondary N) is 2. The molecule has 208 valence electrons. The van der Waals surface area contributed by atoms with E-state index < -0.39 is 5.69 Å². The third kappa shape index (κ3) is 6.26. The molecule has 4 aromatic rings. The van der Waals surface area contributed by atoms with Crippen molar-refractivity contribution in [3.63, 3.8) is 0 Å². The summed E-state index contributed by atoms with van der Waals surface area (Å²) in [6.07, 6.45) is 2.18. The van der Waals surface area contributed by atoms with Gasteiger partial charge in [0.1, 0.15) is 11.2 Å². The van der Waals surface area contributed by atoms with E-state index in [2.05, 4.69) is 10.6 Å². The van der Waals surface area contributed by atoms with E-state index in [1.807, 2.05) is 43.3 Å². The number of amides is 2. The van der Waals surface area contributed by atoms with Gasteiger partial charge >= 0.3 is 5.69 Å². The van der Waals surface area contributed by atoms with Gasteiger partial charge in [0.05, 0.1) is 5.52 Å². The van der Waals surface area contributed by atoms with Gasteiger partial charge < -0.3 is 20.1 Å². The number of fused-ring (bicyclic) bond motifs is 2. The van der Waals surface area contributed by atoms with Crippen LogP contribution in [-0.4, -0.2) is 27.7 Å². The molecule has 2 amide bonds. The summed E-state index contributed by atoms with van der Waals surface area (Å²) in [7, 11) is 0. The van der Waals surface area contributed by atoms with E-state index in [0.29, 0.717) is 59.6 Å². The SMILES string of the molecule is Cc1cccc(NC(=O)Cn2c(=O)n(CCCCCC(=O)NCc3ccc4c(c3)OCO4)c(=O)c3sccc32)c1. The Bertz CT molecular complexity index is 1670. The Balaban J connectivity index is 1.15. The molecule has 0 atom stereocenters. The summed E-state index contributed by atoms with van der Waals surface area (Å²) in [5.41, 5.74) is 2.15. The Morgan fingerprint density at radius 2 is 1.80 bits per heavy atom. The third-order valence-electron chi connectivity index (χ3n) is 6.65. The number of hydrogen-bond donors (Lipinski definition) is 2. The van der Waals surface area contributed by atoms with Crippen LogP contribution in [0.3, 0.4) is 0 Å². The normalized spacial score (nSPS) is 12.0. The van der Waals surface area contributed by atoms with Gasteiger partial charge in [-0.3, -0.25) is 23.5 Å². The maximum Gasteiger partial charge on any atom is 0.332 e. The Labute approximate surface area is 234 Å². The number of nitrogens with zero attached hydrogens (tertiary/aromatic N) is 2. The minimum Gasteiger partial charge on any atom is -0.454 e. The van der Waals surface area contributed by atoms with Gasteiger partial charge in [-0.2, -0.15) is 0 Å². The smallest absolute Gasteiger partial charge is 0.332 e. The van der Waals surface area contributed by atoms with Crippen molar-refractivity contribution in [1.29, 1.82) is 0 Å². The zero-order chi connectivity index (χ0) is 28.1. The first-order valence-electron chi connectivity index (χ1n) is 13.1. The van der Waals surface area contributed by atoms with Gasteiger partial charge in [-0.05, 0) is 66.6 Å². The van der Waals surface area contributed by atoms with Gasteiger partial charge in [0.25, 0.3) is 5.56 Å². The van der Waals surface area contributed by atoms with Crippen molar-refractivity contribution in [2.45, 2.75) is 52.2 Å². The Hall–Kier alpha value is -4.38. The third-order valence-corrected chi connectivity index (χ3v) is 7.54. The zero-order valence-corrected chi connectivity index (χ0v) is 22.9. The summed E-state index contributed by atoms with van der Waals surface area (Å²) in [6.45, 7) is 2.53. The molecule has 0 bridgehead atoms. The van der Waals surface area contributed by atoms with E-state index in [9.17, 15) is 19.2 Å². The molecule has 2 aromatic carbocycles. The molecule has 0 saturated heterocycles. The second kappa shape index (κ2) is 12.2. The highest BCUT2D eigenvalue weighted by atomic mass is 32.1. The molecule has 0 unspecified atom stereocenters. The van der Waals surface area contributed by atoms with Gasteiger partial charge in [-0.15, -0.1) is 11.3 Å². The first-order chi connectivity index (χ1) is 19.4. The van der Waals surface area contributed by atoms with Crippen LogP contribution in [0.4, 0.5) is 5.69 Å². The summed E-state index contributed by atoms with van der Waals surface area (Å²) in [6, 6.07) is 14.7. The minimum absolute atomic E-state index is 0.0724. The fraction of sp³-hybridized carbons (Fsp3) is 0.310. The lowest BCUT2D eigenvalue weighted by Crippen LogP contribution is -2.41. The largest absolute Gasteiger partial charge is 0.454 e. The fourth-order valence-corrected chi connectivity index (χ4v) is 5.47. The lowest BCUT2D eigenvalue weighted by Gasteiger charge is -2.13.